The Kier molecular flexibility index (Phi) is 4.20. The summed E-state index contributed by atoms with van der Waals surface area (Å²) in [5.41, 5.74) is 0.147. The second-order valence-electron chi connectivity index (χ2n) is 4.66. The summed E-state index contributed by atoms with van der Waals surface area (Å²) in [6.45, 7) is 0. The Morgan fingerprint density at radius 3 is 2.67 bits per heavy atom. The number of aromatic carboxylic acids is 1. The van der Waals surface area contributed by atoms with Gasteiger partial charge in [-0.05, 0) is 31.4 Å². The van der Waals surface area contributed by atoms with E-state index in [0.29, 0.717) is 5.75 Å². The number of carbonyl (C=O) groups is 1. The predicted molar refractivity (Wildman–Crippen MR) is 66.9 cm³/mol. The smallest absolute Gasteiger partial charge is 0.339 e. The number of hydrogen-bond acceptors (Lipinski definition) is 3. The third-order valence-electron chi connectivity index (χ3n) is 3.31. The van der Waals surface area contributed by atoms with Crippen molar-refractivity contribution in [2.45, 2.75) is 44.3 Å². The molecule has 2 unspecified atom stereocenters. The van der Waals surface area contributed by atoms with Crippen molar-refractivity contribution in [3.63, 3.8) is 0 Å². The first-order valence-corrected chi connectivity index (χ1v) is 6.35. The van der Waals surface area contributed by atoms with E-state index < -0.39 is 12.1 Å². The van der Waals surface area contributed by atoms with Gasteiger partial charge < -0.3 is 14.9 Å². The zero-order chi connectivity index (χ0) is 13.0. The molecule has 0 radical (unpaired) electrons. The van der Waals surface area contributed by atoms with Crippen molar-refractivity contribution in [3.05, 3.63) is 29.8 Å². The molecular formula is C14H18O4. The fraction of sp³-hybridized carbons (Fsp3) is 0.500. The molecule has 98 valence electrons. The van der Waals surface area contributed by atoms with Crippen LogP contribution in [0.15, 0.2) is 24.3 Å². The van der Waals surface area contributed by atoms with Gasteiger partial charge in [0, 0.05) is 0 Å². The van der Waals surface area contributed by atoms with E-state index in [1.807, 2.05) is 0 Å². The number of aliphatic hydroxyl groups is 1. The van der Waals surface area contributed by atoms with Crippen LogP contribution in [0.5, 0.6) is 5.75 Å². The molecule has 1 aliphatic rings. The first kappa shape index (κ1) is 12.9. The highest BCUT2D eigenvalue weighted by molar-refractivity contribution is 5.90. The summed E-state index contributed by atoms with van der Waals surface area (Å²) in [6, 6.07) is 6.56. The van der Waals surface area contributed by atoms with Gasteiger partial charge >= 0.3 is 5.97 Å². The summed E-state index contributed by atoms with van der Waals surface area (Å²) in [5, 5.41) is 19.0. The molecule has 0 heterocycles. The standard InChI is InChI=1S/C14H18O4/c15-11-7-2-1-3-9-13(11)18-12-8-5-4-6-10(12)14(16)17/h4-6,8,11,13,15H,1-3,7,9H2,(H,16,17). The Morgan fingerprint density at radius 2 is 1.89 bits per heavy atom. The van der Waals surface area contributed by atoms with Crippen molar-refractivity contribution in [2.75, 3.05) is 0 Å². The number of ether oxygens (including phenoxy) is 1. The van der Waals surface area contributed by atoms with Crippen LogP contribution in [0.4, 0.5) is 0 Å². The van der Waals surface area contributed by atoms with Gasteiger partial charge in [-0.15, -0.1) is 0 Å². The van der Waals surface area contributed by atoms with Crippen molar-refractivity contribution < 1.29 is 19.7 Å². The van der Waals surface area contributed by atoms with Gasteiger partial charge in [0.1, 0.15) is 17.4 Å². The number of rotatable bonds is 3. The molecule has 4 nitrogen and oxygen atoms in total. The Balaban J connectivity index is 2.14. The minimum Gasteiger partial charge on any atom is -0.487 e. The quantitative estimate of drug-likeness (QED) is 0.809. The Bertz CT molecular complexity index is 416. The zero-order valence-electron chi connectivity index (χ0n) is 10.2. The van der Waals surface area contributed by atoms with Gasteiger partial charge in [-0.1, -0.05) is 25.0 Å². The summed E-state index contributed by atoms with van der Waals surface area (Å²) in [4.78, 5) is 11.1. The molecule has 1 saturated carbocycles. The maximum Gasteiger partial charge on any atom is 0.339 e. The lowest BCUT2D eigenvalue weighted by Gasteiger charge is -2.22. The molecule has 0 aromatic heterocycles. The number of carboxylic acids is 1. The number of benzene rings is 1. The third-order valence-corrected chi connectivity index (χ3v) is 3.31. The average Bonchev–Trinajstić information content (AvgIpc) is 2.55. The summed E-state index contributed by atoms with van der Waals surface area (Å²) >= 11 is 0. The van der Waals surface area contributed by atoms with Gasteiger partial charge in [0.25, 0.3) is 0 Å². The highest BCUT2D eigenvalue weighted by Crippen LogP contribution is 2.25. The first-order valence-electron chi connectivity index (χ1n) is 6.35. The summed E-state index contributed by atoms with van der Waals surface area (Å²) in [6.07, 6.45) is 3.80. The van der Waals surface area contributed by atoms with E-state index in [-0.39, 0.29) is 11.7 Å². The van der Waals surface area contributed by atoms with E-state index in [4.69, 9.17) is 9.84 Å². The van der Waals surface area contributed by atoms with Crippen LogP contribution in [-0.2, 0) is 0 Å². The Labute approximate surface area is 106 Å². The van der Waals surface area contributed by atoms with Crippen LogP contribution in [0.2, 0.25) is 0 Å². The van der Waals surface area contributed by atoms with Crippen molar-refractivity contribution in [1.82, 2.24) is 0 Å². The van der Waals surface area contributed by atoms with Crippen LogP contribution in [0, 0.1) is 0 Å². The lowest BCUT2D eigenvalue weighted by molar-refractivity contribution is 0.0305. The van der Waals surface area contributed by atoms with Crippen LogP contribution < -0.4 is 4.74 Å². The van der Waals surface area contributed by atoms with Crippen molar-refractivity contribution >= 4 is 5.97 Å². The van der Waals surface area contributed by atoms with Crippen molar-refractivity contribution in [3.8, 4) is 5.75 Å². The molecule has 0 spiro atoms. The van der Waals surface area contributed by atoms with E-state index >= 15 is 0 Å². The normalized spacial score (nSPS) is 24.3. The molecule has 2 rings (SSSR count). The topological polar surface area (TPSA) is 66.8 Å². The second-order valence-corrected chi connectivity index (χ2v) is 4.66. The van der Waals surface area contributed by atoms with Gasteiger partial charge in [0.15, 0.2) is 0 Å². The molecule has 0 saturated heterocycles. The molecule has 2 N–H and O–H groups in total. The maximum absolute atomic E-state index is 11.1. The second kappa shape index (κ2) is 5.87. The fourth-order valence-electron chi connectivity index (χ4n) is 2.30. The molecular weight excluding hydrogens is 232 g/mol. The molecule has 1 aliphatic carbocycles. The minimum atomic E-state index is -1.01. The van der Waals surface area contributed by atoms with Crippen LogP contribution in [0.3, 0.4) is 0 Å². The van der Waals surface area contributed by atoms with Crippen LogP contribution in [-0.4, -0.2) is 28.4 Å². The monoisotopic (exact) mass is 250 g/mol. The fourth-order valence-corrected chi connectivity index (χ4v) is 2.30. The number of aliphatic hydroxyl groups excluding tert-OH is 1. The first-order chi connectivity index (χ1) is 8.68. The average molecular weight is 250 g/mol. The SMILES string of the molecule is O=C(O)c1ccccc1OC1CCCCCC1O. The summed E-state index contributed by atoms with van der Waals surface area (Å²) in [7, 11) is 0. The molecule has 2 atom stereocenters. The van der Waals surface area contributed by atoms with Crippen LogP contribution in [0.25, 0.3) is 0 Å². The van der Waals surface area contributed by atoms with Crippen LogP contribution >= 0.6 is 0 Å². The number of para-hydroxylation sites is 1. The molecule has 1 fully saturated rings. The van der Waals surface area contributed by atoms with E-state index in [0.717, 1.165) is 32.1 Å². The lowest BCUT2D eigenvalue weighted by atomic mass is 10.1. The maximum atomic E-state index is 11.1. The molecule has 1 aromatic carbocycles. The molecule has 0 amide bonds. The van der Waals surface area contributed by atoms with E-state index in [9.17, 15) is 9.90 Å². The van der Waals surface area contributed by atoms with Gasteiger partial charge in [-0.3, -0.25) is 0 Å². The minimum absolute atomic E-state index is 0.147. The van der Waals surface area contributed by atoms with Gasteiger partial charge in [-0.2, -0.15) is 0 Å². The van der Waals surface area contributed by atoms with E-state index in [1.165, 1.54) is 6.07 Å². The Hall–Kier alpha value is -1.55. The van der Waals surface area contributed by atoms with E-state index in [2.05, 4.69) is 0 Å². The van der Waals surface area contributed by atoms with Gasteiger partial charge in [0.2, 0.25) is 0 Å². The van der Waals surface area contributed by atoms with Gasteiger partial charge in [0.05, 0.1) is 6.10 Å². The summed E-state index contributed by atoms with van der Waals surface area (Å²) in [5.74, 6) is -0.662. The lowest BCUT2D eigenvalue weighted by Crippen LogP contribution is -2.31. The van der Waals surface area contributed by atoms with Gasteiger partial charge in [-0.25, -0.2) is 4.79 Å². The molecule has 18 heavy (non-hydrogen) atoms. The molecule has 0 bridgehead atoms. The predicted octanol–water partition coefficient (Wildman–Crippen LogP) is 2.46. The summed E-state index contributed by atoms with van der Waals surface area (Å²) < 4.78 is 5.71. The van der Waals surface area contributed by atoms with E-state index in [1.54, 1.807) is 18.2 Å². The molecule has 4 heteroatoms. The third kappa shape index (κ3) is 3.01. The van der Waals surface area contributed by atoms with Crippen LogP contribution in [0.1, 0.15) is 42.5 Å². The highest BCUT2D eigenvalue weighted by Gasteiger charge is 2.24. The zero-order valence-corrected chi connectivity index (χ0v) is 10.2. The Morgan fingerprint density at radius 1 is 1.17 bits per heavy atom. The largest absolute Gasteiger partial charge is 0.487 e. The molecule has 0 aliphatic heterocycles. The number of hydrogen-bond donors (Lipinski definition) is 2. The van der Waals surface area contributed by atoms with Crippen molar-refractivity contribution in [2.24, 2.45) is 0 Å². The molecule has 1 aromatic rings. The highest BCUT2D eigenvalue weighted by atomic mass is 16.5. The van der Waals surface area contributed by atoms with Crippen molar-refractivity contribution in [1.29, 1.82) is 0 Å². The number of carboxylic acid groups (broad SMARTS) is 1.